The standard InChI is InChI=1S/C20H15FN2O3/c21-15-3-7-17(8-4-15)25-13-18-9-10-19(26-18)20(24)23-16-5-1-14(2-6-16)11-12-22/h1-10H,11,13H2,(H,23,24). The predicted molar refractivity (Wildman–Crippen MR) is 93.2 cm³/mol. The first-order chi connectivity index (χ1) is 12.6. The molecule has 1 aromatic heterocycles. The van der Waals surface area contributed by atoms with Crippen LogP contribution in [0.15, 0.2) is 65.1 Å². The number of benzene rings is 2. The number of halogens is 1. The SMILES string of the molecule is N#CCc1ccc(NC(=O)c2ccc(COc3ccc(F)cc3)o2)cc1. The molecule has 0 saturated heterocycles. The Morgan fingerprint density at radius 3 is 2.50 bits per heavy atom. The quantitative estimate of drug-likeness (QED) is 0.718. The highest BCUT2D eigenvalue weighted by Crippen LogP contribution is 2.17. The highest BCUT2D eigenvalue weighted by Gasteiger charge is 2.12. The average molecular weight is 350 g/mol. The van der Waals surface area contributed by atoms with Crippen molar-refractivity contribution in [2.24, 2.45) is 0 Å². The molecule has 1 heterocycles. The fourth-order valence-electron chi connectivity index (χ4n) is 2.25. The van der Waals surface area contributed by atoms with E-state index in [1.54, 1.807) is 36.4 Å². The van der Waals surface area contributed by atoms with E-state index in [0.717, 1.165) is 5.56 Å². The number of anilines is 1. The summed E-state index contributed by atoms with van der Waals surface area (Å²) in [5.74, 6) is 0.417. The zero-order valence-corrected chi connectivity index (χ0v) is 13.7. The largest absolute Gasteiger partial charge is 0.486 e. The van der Waals surface area contributed by atoms with Gasteiger partial charge in [-0.1, -0.05) is 12.1 Å². The van der Waals surface area contributed by atoms with Crippen LogP contribution in [0.5, 0.6) is 5.75 Å². The van der Waals surface area contributed by atoms with Crippen LogP contribution < -0.4 is 10.1 Å². The summed E-state index contributed by atoms with van der Waals surface area (Å²) in [5.41, 5.74) is 1.49. The molecular weight excluding hydrogens is 335 g/mol. The molecule has 2 aromatic carbocycles. The number of carbonyl (C=O) groups is 1. The van der Waals surface area contributed by atoms with E-state index in [4.69, 9.17) is 14.4 Å². The topological polar surface area (TPSA) is 75.3 Å². The van der Waals surface area contributed by atoms with Gasteiger partial charge in [0.05, 0.1) is 12.5 Å². The third-order valence-corrected chi connectivity index (χ3v) is 3.58. The van der Waals surface area contributed by atoms with E-state index in [9.17, 15) is 9.18 Å². The van der Waals surface area contributed by atoms with E-state index in [1.165, 1.54) is 24.3 Å². The van der Waals surface area contributed by atoms with Crippen molar-refractivity contribution in [3.63, 3.8) is 0 Å². The summed E-state index contributed by atoms with van der Waals surface area (Å²) < 4.78 is 23.8. The number of nitrogens with zero attached hydrogens (tertiary/aromatic N) is 1. The van der Waals surface area contributed by atoms with Gasteiger partial charge in [0.15, 0.2) is 5.76 Å². The van der Waals surface area contributed by atoms with Crippen molar-refractivity contribution >= 4 is 11.6 Å². The van der Waals surface area contributed by atoms with Crippen LogP contribution in [0, 0.1) is 17.1 Å². The second kappa shape index (κ2) is 7.99. The fraction of sp³-hybridized carbons (Fsp3) is 0.100. The van der Waals surface area contributed by atoms with E-state index in [1.807, 2.05) is 0 Å². The van der Waals surface area contributed by atoms with Crippen molar-refractivity contribution in [2.45, 2.75) is 13.0 Å². The molecule has 0 radical (unpaired) electrons. The molecule has 26 heavy (non-hydrogen) atoms. The van der Waals surface area contributed by atoms with Gasteiger partial charge in [0, 0.05) is 5.69 Å². The highest BCUT2D eigenvalue weighted by atomic mass is 19.1. The average Bonchev–Trinajstić information content (AvgIpc) is 3.12. The second-order valence-corrected chi connectivity index (χ2v) is 5.49. The van der Waals surface area contributed by atoms with Gasteiger partial charge in [0.1, 0.15) is 23.9 Å². The lowest BCUT2D eigenvalue weighted by Crippen LogP contribution is -2.10. The van der Waals surface area contributed by atoms with Gasteiger partial charge >= 0.3 is 0 Å². The Kier molecular flexibility index (Phi) is 5.30. The molecule has 0 unspecified atom stereocenters. The number of hydrogen-bond acceptors (Lipinski definition) is 4. The maximum absolute atomic E-state index is 12.8. The maximum atomic E-state index is 12.8. The molecule has 0 saturated carbocycles. The van der Waals surface area contributed by atoms with Gasteiger partial charge in [-0.2, -0.15) is 5.26 Å². The molecule has 3 aromatic rings. The van der Waals surface area contributed by atoms with Crippen molar-refractivity contribution in [2.75, 3.05) is 5.32 Å². The fourth-order valence-corrected chi connectivity index (χ4v) is 2.25. The van der Waals surface area contributed by atoms with Crippen LogP contribution in [0.1, 0.15) is 21.9 Å². The second-order valence-electron chi connectivity index (χ2n) is 5.49. The molecule has 5 nitrogen and oxygen atoms in total. The summed E-state index contributed by atoms with van der Waals surface area (Å²) in [5, 5.41) is 11.4. The van der Waals surface area contributed by atoms with Gasteiger partial charge in [-0.3, -0.25) is 4.79 Å². The molecule has 0 bridgehead atoms. The lowest BCUT2D eigenvalue weighted by molar-refractivity contribution is 0.0992. The highest BCUT2D eigenvalue weighted by molar-refractivity contribution is 6.02. The van der Waals surface area contributed by atoms with Gasteiger partial charge < -0.3 is 14.5 Å². The molecule has 0 atom stereocenters. The first-order valence-corrected chi connectivity index (χ1v) is 7.88. The van der Waals surface area contributed by atoms with E-state index in [-0.39, 0.29) is 24.1 Å². The smallest absolute Gasteiger partial charge is 0.291 e. The minimum Gasteiger partial charge on any atom is -0.486 e. The minimum absolute atomic E-state index is 0.127. The Morgan fingerprint density at radius 2 is 1.81 bits per heavy atom. The van der Waals surface area contributed by atoms with Gasteiger partial charge in [-0.05, 0) is 54.1 Å². The van der Waals surface area contributed by atoms with Crippen molar-refractivity contribution in [1.29, 1.82) is 5.26 Å². The summed E-state index contributed by atoms with van der Waals surface area (Å²) in [6, 6.07) is 17.9. The zero-order chi connectivity index (χ0) is 18.4. The van der Waals surface area contributed by atoms with Crippen LogP contribution in [0.4, 0.5) is 10.1 Å². The Labute approximate surface area is 149 Å². The lowest BCUT2D eigenvalue weighted by Gasteiger charge is -2.05. The molecule has 0 spiro atoms. The molecule has 6 heteroatoms. The molecule has 1 N–H and O–H groups in total. The number of nitrogens with one attached hydrogen (secondary N) is 1. The lowest BCUT2D eigenvalue weighted by atomic mass is 10.1. The number of furan rings is 1. The van der Waals surface area contributed by atoms with Crippen LogP contribution in [0.2, 0.25) is 0 Å². The Balaban J connectivity index is 1.57. The summed E-state index contributed by atoms with van der Waals surface area (Å²) >= 11 is 0. The van der Waals surface area contributed by atoms with Crippen LogP contribution in [0.25, 0.3) is 0 Å². The van der Waals surface area contributed by atoms with Crippen molar-refractivity contribution in [1.82, 2.24) is 0 Å². The van der Waals surface area contributed by atoms with Crippen molar-refractivity contribution < 1.29 is 18.3 Å². The molecule has 1 amide bonds. The predicted octanol–water partition coefficient (Wildman–Crippen LogP) is 4.32. The molecule has 0 fully saturated rings. The molecule has 3 rings (SSSR count). The third-order valence-electron chi connectivity index (χ3n) is 3.58. The summed E-state index contributed by atoms with van der Waals surface area (Å²) in [7, 11) is 0. The number of amides is 1. The first kappa shape index (κ1) is 17.2. The van der Waals surface area contributed by atoms with Crippen LogP contribution in [-0.4, -0.2) is 5.91 Å². The number of carbonyl (C=O) groups excluding carboxylic acids is 1. The number of nitriles is 1. The number of hydrogen-bond donors (Lipinski definition) is 1. The van der Waals surface area contributed by atoms with Gasteiger partial charge in [0.25, 0.3) is 5.91 Å². The molecular formula is C20H15FN2O3. The van der Waals surface area contributed by atoms with E-state index >= 15 is 0 Å². The Hall–Kier alpha value is -3.59. The first-order valence-electron chi connectivity index (χ1n) is 7.88. The molecule has 0 aliphatic carbocycles. The number of rotatable bonds is 6. The summed E-state index contributed by atoms with van der Waals surface area (Å²) in [6.07, 6.45) is 0.323. The van der Waals surface area contributed by atoms with Gasteiger partial charge in [-0.25, -0.2) is 4.39 Å². The summed E-state index contributed by atoms with van der Waals surface area (Å²) in [6.45, 7) is 0.127. The Bertz CT molecular complexity index is 925. The van der Waals surface area contributed by atoms with Crippen LogP contribution >= 0.6 is 0 Å². The van der Waals surface area contributed by atoms with E-state index in [0.29, 0.717) is 23.6 Å². The van der Waals surface area contributed by atoms with Gasteiger partial charge in [0.2, 0.25) is 0 Å². The number of ether oxygens (including phenoxy) is 1. The normalized spacial score (nSPS) is 10.2. The monoisotopic (exact) mass is 350 g/mol. The molecule has 130 valence electrons. The van der Waals surface area contributed by atoms with Crippen LogP contribution in [-0.2, 0) is 13.0 Å². The van der Waals surface area contributed by atoms with E-state index < -0.39 is 0 Å². The van der Waals surface area contributed by atoms with Gasteiger partial charge in [-0.15, -0.1) is 0 Å². The summed E-state index contributed by atoms with van der Waals surface area (Å²) in [4.78, 5) is 12.2. The van der Waals surface area contributed by atoms with E-state index in [2.05, 4.69) is 11.4 Å². The molecule has 0 aliphatic rings. The maximum Gasteiger partial charge on any atom is 0.291 e. The molecule has 0 aliphatic heterocycles. The van der Waals surface area contributed by atoms with Crippen molar-refractivity contribution in [3.8, 4) is 11.8 Å². The zero-order valence-electron chi connectivity index (χ0n) is 13.7. The van der Waals surface area contributed by atoms with Crippen molar-refractivity contribution in [3.05, 3.63) is 83.6 Å². The third kappa shape index (κ3) is 4.48. The van der Waals surface area contributed by atoms with Crippen LogP contribution in [0.3, 0.4) is 0 Å². The minimum atomic E-state index is -0.383. The Morgan fingerprint density at radius 1 is 1.08 bits per heavy atom.